The van der Waals surface area contributed by atoms with Gasteiger partial charge in [0, 0.05) is 12.0 Å². The molecule has 2 aliphatic carbocycles. The van der Waals surface area contributed by atoms with Gasteiger partial charge in [0.1, 0.15) is 0 Å². The molecule has 2 unspecified atom stereocenters. The molecule has 7 heteroatoms. The fourth-order valence-corrected chi connectivity index (χ4v) is 2.83. The van der Waals surface area contributed by atoms with Crippen LogP contribution in [0.4, 0.5) is 13.2 Å². The fraction of sp³-hybridized carbons (Fsp3) is 0.846. The predicted octanol–water partition coefficient (Wildman–Crippen LogP) is 3.16. The molecule has 1 aromatic heterocycles. The maximum absolute atomic E-state index is 13.0. The second-order valence-electron chi connectivity index (χ2n) is 5.74. The van der Waals surface area contributed by atoms with E-state index in [2.05, 4.69) is 15.5 Å². The molecular weight excluding hydrogens is 271 g/mol. The minimum absolute atomic E-state index is 0.152. The lowest BCUT2D eigenvalue weighted by atomic mass is 9.78. The first kappa shape index (κ1) is 13.9. The van der Waals surface area contributed by atoms with Crippen LogP contribution in [-0.4, -0.2) is 22.4 Å². The van der Waals surface area contributed by atoms with E-state index in [1.54, 1.807) is 0 Å². The average Bonchev–Trinajstić information content (AvgIpc) is 3.12. The fourth-order valence-electron chi connectivity index (χ4n) is 2.83. The highest BCUT2D eigenvalue weighted by Gasteiger charge is 2.47. The van der Waals surface area contributed by atoms with Gasteiger partial charge in [0.25, 0.3) is 0 Å². The standard InChI is InChI=1S/C13H18F3N3O/c14-13(15,16)10-4-2-1-3-9(10)12-18-11(19-20-12)7-17-8-5-6-8/h8-10,17H,1-7H2. The first-order chi connectivity index (χ1) is 9.54. The normalized spacial score (nSPS) is 27.8. The molecule has 2 fully saturated rings. The lowest BCUT2D eigenvalue weighted by Crippen LogP contribution is -2.31. The van der Waals surface area contributed by atoms with Crippen LogP contribution in [0.2, 0.25) is 0 Å². The molecule has 20 heavy (non-hydrogen) atoms. The van der Waals surface area contributed by atoms with E-state index in [0.29, 0.717) is 31.3 Å². The minimum atomic E-state index is -4.19. The SMILES string of the molecule is FC(F)(F)C1CCCCC1c1nc(CNC2CC2)no1. The summed E-state index contributed by atoms with van der Waals surface area (Å²) in [6, 6.07) is 0.509. The minimum Gasteiger partial charge on any atom is -0.339 e. The van der Waals surface area contributed by atoms with Crippen molar-refractivity contribution in [1.29, 1.82) is 0 Å². The zero-order valence-corrected chi connectivity index (χ0v) is 11.1. The van der Waals surface area contributed by atoms with Gasteiger partial charge in [-0.2, -0.15) is 18.2 Å². The van der Waals surface area contributed by atoms with Gasteiger partial charge in [-0.25, -0.2) is 0 Å². The quantitative estimate of drug-likeness (QED) is 0.925. The molecule has 2 aliphatic rings. The third-order valence-corrected chi connectivity index (χ3v) is 4.11. The van der Waals surface area contributed by atoms with E-state index in [1.165, 1.54) is 0 Å². The maximum Gasteiger partial charge on any atom is 0.392 e. The Kier molecular flexibility index (Phi) is 3.70. The van der Waals surface area contributed by atoms with Crippen molar-refractivity contribution in [2.75, 3.05) is 0 Å². The molecule has 2 saturated carbocycles. The summed E-state index contributed by atoms with van der Waals surface area (Å²) < 4.78 is 44.2. The Balaban J connectivity index is 1.69. The summed E-state index contributed by atoms with van der Waals surface area (Å²) in [5.74, 6) is -1.41. The molecule has 0 spiro atoms. The monoisotopic (exact) mass is 289 g/mol. The van der Waals surface area contributed by atoms with Crippen molar-refractivity contribution in [3.63, 3.8) is 0 Å². The average molecular weight is 289 g/mol. The third-order valence-electron chi connectivity index (χ3n) is 4.11. The van der Waals surface area contributed by atoms with Gasteiger partial charge in [0.15, 0.2) is 5.82 Å². The van der Waals surface area contributed by atoms with Gasteiger partial charge in [0.2, 0.25) is 5.89 Å². The Hall–Kier alpha value is -1.11. The second kappa shape index (κ2) is 5.35. The molecule has 3 rings (SSSR count). The summed E-state index contributed by atoms with van der Waals surface area (Å²) in [7, 11) is 0. The van der Waals surface area contributed by atoms with Crippen molar-refractivity contribution in [3.8, 4) is 0 Å². The van der Waals surface area contributed by atoms with E-state index in [-0.39, 0.29) is 12.3 Å². The number of aromatic nitrogens is 2. The predicted molar refractivity (Wildman–Crippen MR) is 64.9 cm³/mol. The molecule has 2 atom stereocenters. The molecule has 0 radical (unpaired) electrons. The van der Waals surface area contributed by atoms with Gasteiger partial charge in [-0.15, -0.1) is 0 Å². The molecule has 0 saturated heterocycles. The zero-order chi connectivity index (χ0) is 14.2. The molecule has 112 valence electrons. The largest absolute Gasteiger partial charge is 0.392 e. The van der Waals surface area contributed by atoms with E-state index in [0.717, 1.165) is 19.3 Å². The molecule has 0 bridgehead atoms. The van der Waals surface area contributed by atoms with Crippen molar-refractivity contribution in [3.05, 3.63) is 11.7 Å². The van der Waals surface area contributed by atoms with Crippen LogP contribution >= 0.6 is 0 Å². The summed E-state index contributed by atoms with van der Waals surface area (Å²) in [6.07, 6.45) is 0.132. The maximum atomic E-state index is 13.0. The number of rotatable bonds is 4. The number of hydrogen-bond donors (Lipinski definition) is 1. The molecule has 0 aliphatic heterocycles. The molecule has 1 N–H and O–H groups in total. The Morgan fingerprint density at radius 2 is 1.90 bits per heavy atom. The smallest absolute Gasteiger partial charge is 0.339 e. The molecular formula is C13H18F3N3O. The topological polar surface area (TPSA) is 51.0 Å². The van der Waals surface area contributed by atoms with Crippen LogP contribution < -0.4 is 5.32 Å². The van der Waals surface area contributed by atoms with Crippen molar-refractivity contribution < 1.29 is 17.7 Å². The number of halogens is 3. The highest BCUT2D eigenvalue weighted by Crippen LogP contribution is 2.45. The van der Waals surface area contributed by atoms with Crippen LogP contribution in [0.3, 0.4) is 0 Å². The van der Waals surface area contributed by atoms with Crippen LogP contribution in [0.1, 0.15) is 56.2 Å². The van der Waals surface area contributed by atoms with Crippen LogP contribution in [0.25, 0.3) is 0 Å². The van der Waals surface area contributed by atoms with E-state index in [1.807, 2.05) is 0 Å². The van der Waals surface area contributed by atoms with Crippen molar-refractivity contribution in [2.24, 2.45) is 5.92 Å². The first-order valence-electron chi connectivity index (χ1n) is 7.16. The Morgan fingerprint density at radius 1 is 1.15 bits per heavy atom. The van der Waals surface area contributed by atoms with E-state index < -0.39 is 18.0 Å². The number of alkyl halides is 3. The number of nitrogens with zero attached hydrogens (tertiary/aromatic N) is 2. The molecule has 0 aromatic carbocycles. The van der Waals surface area contributed by atoms with E-state index >= 15 is 0 Å². The van der Waals surface area contributed by atoms with Crippen molar-refractivity contribution >= 4 is 0 Å². The number of nitrogens with one attached hydrogen (secondary N) is 1. The summed E-state index contributed by atoms with van der Waals surface area (Å²) in [5, 5.41) is 7.02. The Morgan fingerprint density at radius 3 is 2.60 bits per heavy atom. The van der Waals surface area contributed by atoms with Crippen molar-refractivity contribution in [2.45, 2.75) is 63.2 Å². The van der Waals surface area contributed by atoms with Gasteiger partial charge in [-0.1, -0.05) is 18.0 Å². The van der Waals surface area contributed by atoms with Gasteiger partial charge >= 0.3 is 6.18 Å². The first-order valence-corrected chi connectivity index (χ1v) is 7.16. The molecule has 1 aromatic rings. The van der Waals surface area contributed by atoms with E-state index in [4.69, 9.17) is 4.52 Å². The highest BCUT2D eigenvalue weighted by atomic mass is 19.4. The van der Waals surface area contributed by atoms with Gasteiger partial charge in [-0.05, 0) is 25.7 Å². The van der Waals surface area contributed by atoms with Crippen LogP contribution in [0.15, 0.2) is 4.52 Å². The molecule has 0 amide bonds. The lowest BCUT2D eigenvalue weighted by Gasteiger charge is -2.30. The molecule has 4 nitrogen and oxygen atoms in total. The van der Waals surface area contributed by atoms with Gasteiger partial charge in [-0.3, -0.25) is 0 Å². The highest BCUT2D eigenvalue weighted by molar-refractivity contribution is 5.01. The molecule has 1 heterocycles. The second-order valence-corrected chi connectivity index (χ2v) is 5.74. The Labute approximate surface area is 115 Å². The Bertz CT molecular complexity index is 456. The van der Waals surface area contributed by atoms with E-state index in [9.17, 15) is 13.2 Å². The summed E-state index contributed by atoms with van der Waals surface area (Å²) in [5.41, 5.74) is 0. The van der Waals surface area contributed by atoms with Crippen LogP contribution in [-0.2, 0) is 6.54 Å². The van der Waals surface area contributed by atoms with Crippen LogP contribution in [0.5, 0.6) is 0 Å². The summed E-state index contributed by atoms with van der Waals surface area (Å²) in [4.78, 5) is 4.16. The zero-order valence-electron chi connectivity index (χ0n) is 11.1. The van der Waals surface area contributed by atoms with Gasteiger partial charge in [0.05, 0.1) is 12.5 Å². The van der Waals surface area contributed by atoms with Gasteiger partial charge < -0.3 is 9.84 Å². The lowest BCUT2D eigenvalue weighted by molar-refractivity contribution is -0.189. The van der Waals surface area contributed by atoms with Crippen molar-refractivity contribution in [1.82, 2.24) is 15.5 Å². The van der Waals surface area contributed by atoms with Crippen LogP contribution in [0, 0.1) is 5.92 Å². The third kappa shape index (κ3) is 3.13. The number of hydrogen-bond acceptors (Lipinski definition) is 4. The summed E-state index contributed by atoms with van der Waals surface area (Å²) >= 11 is 0. The summed E-state index contributed by atoms with van der Waals surface area (Å²) in [6.45, 7) is 0.470.